The lowest BCUT2D eigenvalue weighted by atomic mass is 9.57. The molecule has 1 aliphatic carbocycles. The van der Waals surface area contributed by atoms with Gasteiger partial charge in [0, 0.05) is 25.3 Å². The van der Waals surface area contributed by atoms with Crippen molar-refractivity contribution in [2.75, 3.05) is 7.11 Å². The molecule has 0 aromatic carbocycles. The van der Waals surface area contributed by atoms with E-state index >= 15 is 0 Å². The summed E-state index contributed by atoms with van der Waals surface area (Å²) in [6.07, 6.45) is 2.22. The predicted octanol–water partition coefficient (Wildman–Crippen LogP) is 2.78. The molecule has 1 aromatic rings. The van der Waals surface area contributed by atoms with Crippen LogP contribution in [0.3, 0.4) is 0 Å². The molecule has 1 saturated carbocycles. The fourth-order valence-corrected chi connectivity index (χ4v) is 2.96. The van der Waals surface area contributed by atoms with Gasteiger partial charge in [-0.05, 0) is 24.2 Å². The second-order valence-corrected chi connectivity index (χ2v) is 6.55. The standard InChI is InChI=1S/C15H26N2O2/c1-10(2)16-14-7-11(15(14,3)4)6-12-8-13(9-18-5)19-17-12/h8,10-11,14,16H,6-7,9H2,1-5H3. The highest BCUT2D eigenvalue weighted by atomic mass is 16.5. The molecule has 0 spiro atoms. The smallest absolute Gasteiger partial charge is 0.162 e. The van der Waals surface area contributed by atoms with Gasteiger partial charge in [0.15, 0.2) is 5.76 Å². The summed E-state index contributed by atoms with van der Waals surface area (Å²) in [4.78, 5) is 0. The van der Waals surface area contributed by atoms with Crippen molar-refractivity contribution in [3.8, 4) is 0 Å². The number of rotatable bonds is 6. The maximum absolute atomic E-state index is 5.24. The van der Waals surface area contributed by atoms with Crippen molar-refractivity contribution in [2.45, 2.75) is 59.2 Å². The van der Waals surface area contributed by atoms with Gasteiger partial charge >= 0.3 is 0 Å². The monoisotopic (exact) mass is 266 g/mol. The van der Waals surface area contributed by atoms with Gasteiger partial charge in [-0.3, -0.25) is 0 Å². The molecule has 4 nitrogen and oxygen atoms in total. The third kappa shape index (κ3) is 3.18. The maximum atomic E-state index is 5.24. The van der Waals surface area contributed by atoms with E-state index < -0.39 is 0 Å². The quantitative estimate of drug-likeness (QED) is 0.860. The van der Waals surface area contributed by atoms with Gasteiger partial charge in [-0.1, -0.05) is 32.9 Å². The summed E-state index contributed by atoms with van der Waals surface area (Å²) in [5, 5.41) is 7.78. The van der Waals surface area contributed by atoms with E-state index in [1.54, 1.807) is 7.11 Å². The van der Waals surface area contributed by atoms with Crippen molar-refractivity contribution in [3.05, 3.63) is 17.5 Å². The molecule has 1 aromatic heterocycles. The Morgan fingerprint density at radius 3 is 2.84 bits per heavy atom. The van der Waals surface area contributed by atoms with Crippen molar-refractivity contribution < 1.29 is 9.26 Å². The topological polar surface area (TPSA) is 47.3 Å². The van der Waals surface area contributed by atoms with Crippen LogP contribution in [0.4, 0.5) is 0 Å². The summed E-state index contributed by atoms with van der Waals surface area (Å²) in [5.41, 5.74) is 1.37. The normalized spacial score (nSPS) is 25.6. The van der Waals surface area contributed by atoms with Gasteiger partial charge in [0.2, 0.25) is 0 Å². The van der Waals surface area contributed by atoms with Crippen LogP contribution in [0.25, 0.3) is 0 Å². The average molecular weight is 266 g/mol. The largest absolute Gasteiger partial charge is 0.377 e. The van der Waals surface area contributed by atoms with Crippen molar-refractivity contribution in [1.82, 2.24) is 10.5 Å². The van der Waals surface area contributed by atoms with Crippen molar-refractivity contribution >= 4 is 0 Å². The molecule has 108 valence electrons. The van der Waals surface area contributed by atoms with Gasteiger partial charge in [-0.25, -0.2) is 0 Å². The van der Waals surface area contributed by atoms with Crippen molar-refractivity contribution in [2.24, 2.45) is 11.3 Å². The summed E-state index contributed by atoms with van der Waals surface area (Å²) in [6, 6.07) is 3.18. The first kappa shape index (κ1) is 14.5. The lowest BCUT2D eigenvalue weighted by Gasteiger charge is -2.53. The van der Waals surface area contributed by atoms with Crippen LogP contribution in [0.2, 0.25) is 0 Å². The first-order chi connectivity index (χ1) is 8.93. The second kappa shape index (κ2) is 5.63. The Hall–Kier alpha value is -0.870. The number of methoxy groups -OCH3 is 1. The van der Waals surface area contributed by atoms with E-state index in [4.69, 9.17) is 9.26 Å². The highest BCUT2D eigenvalue weighted by Gasteiger charge is 2.47. The van der Waals surface area contributed by atoms with Crippen LogP contribution in [0.15, 0.2) is 10.6 Å². The first-order valence-corrected chi connectivity index (χ1v) is 7.13. The van der Waals surface area contributed by atoms with E-state index in [-0.39, 0.29) is 0 Å². The van der Waals surface area contributed by atoms with E-state index in [1.807, 2.05) is 6.07 Å². The molecule has 2 atom stereocenters. The van der Waals surface area contributed by atoms with Crippen LogP contribution >= 0.6 is 0 Å². The summed E-state index contributed by atoms with van der Waals surface area (Å²) in [5.74, 6) is 1.48. The first-order valence-electron chi connectivity index (χ1n) is 7.13. The zero-order valence-corrected chi connectivity index (χ0v) is 12.7. The molecule has 0 saturated heterocycles. The third-order valence-electron chi connectivity index (χ3n) is 4.35. The molecule has 4 heteroatoms. The van der Waals surface area contributed by atoms with Crippen LogP contribution in [-0.2, 0) is 17.8 Å². The average Bonchev–Trinajstić information content (AvgIpc) is 2.75. The minimum Gasteiger partial charge on any atom is -0.377 e. The van der Waals surface area contributed by atoms with Crippen LogP contribution < -0.4 is 5.32 Å². The van der Waals surface area contributed by atoms with Gasteiger partial charge in [0.25, 0.3) is 0 Å². The van der Waals surface area contributed by atoms with Crippen molar-refractivity contribution in [1.29, 1.82) is 0 Å². The molecular formula is C15H26N2O2. The molecule has 1 N–H and O–H groups in total. The number of aromatic nitrogens is 1. The summed E-state index contributed by atoms with van der Waals surface area (Å²) in [7, 11) is 1.67. The van der Waals surface area contributed by atoms with Crippen LogP contribution in [0.5, 0.6) is 0 Å². The van der Waals surface area contributed by atoms with Crippen molar-refractivity contribution in [3.63, 3.8) is 0 Å². The minimum absolute atomic E-state index is 0.324. The molecule has 1 heterocycles. The summed E-state index contributed by atoms with van der Waals surface area (Å²) >= 11 is 0. The molecule has 19 heavy (non-hydrogen) atoms. The Morgan fingerprint density at radius 2 is 2.26 bits per heavy atom. The zero-order chi connectivity index (χ0) is 14.0. The van der Waals surface area contributed by atoms with E-state index in [0.29, 0.717) is 30.0 Å². The Morgan fingerprint density at radius 1 is 1.53 bits per heavy atom. The molecule has 0 bridgehead atoms. The van der Waals surface area contributed by atoms with Gasteiger partial charge in [0.05, 0.1) is 5.69 Å². The number of nitrogens with one attached hydrogen (secondary N) is 1. The van der Waals surface area contributed by atoms with E-state index in [2.05, 4.69) is 38.2 Å². The molecule has 1 aliphatic rings. The van der Waals surface area contributed by atoms with Crippen LogP contribution in [-0.4, -0.2) is 24.4 Å². The summed E-state index contributed by atoms with van der Waals surface area (Å²) in [6.45, 7) is 9.60. The van der Waals surface area contributed by atoms with E-state index in [0.717, 1.165) is 17.9 Å². The third-order valence-corrected chi connectivity index (χ3v) is 4.35. The molecule has 0 aliphatic heterocycles. The lowest BCUT2D eigenvalue weighted by Crippen LogP contribution is -2.58. The number of nitrogens with zero attached hydrogens (tertiary/aromatic N) is 1. The summed E-state index contributed by atoms with van der Waals surface area (Å²) < 4.78 is 10.3. The van der Waals surface area contributed by atoms with Gasteiger partial charge in [-0.2, -0.15) is 0 Å². The highest BCUT2D eigenvalue weighted by Crippen LogP contribution is 2.47. The Labute approximate surface area is 115 Å². The number of hydrogen-bond donors (Lipinski definition) is 1. The molecule has 0 radical (unpaired) electrons. The molecule has 0 amide bonds. The SMILES string of the molecule is COCc1cc(CC2CC(NC(C)C)C2(C)C)no1. The lowest BCUT2D eigenvalue weighted by molar-refractivity contribution is 0.00899. The zero-order valence-electron chi connectivity index (χ0n) is 12.7. The Balaban J connectivity index is 1.90. The Bertz CT molecular complexity index is 412. The molecular weight excluding hydrogens is 240 g/mol. The minimum atomic E-state index is 0.324. The van der Waals surface area contributed by atoms with Gasteiger partial charge in [-0.15, -0.1) is 0 Å². The number of ether oxygens (including phenoxy) is 1. The molecule has 2 unspecified atom stereocenters. The highest BCUT2D eigenvalue weighted by molar-refractivity contribution is 5.11. The fourth-order valence-electron chi connectivity index (χ4n) is 2.96. The maximum Gasteiger partial charge on any atom is 0.162 e. The van der Waals surface area contributed by atoms with Gasteiger partial charge in [0.1, 0.15) is 6.61 Å². The molecule has 2 rings (SSSR count). The van der Waals surface area contributed by atoms with E-state index in [9.17, 15) is 0 Å². The number of hydrogen-bond acceptors (Lipinski definition) is 4. The van der Waals surface area contributed by atoms with Gasteiger partial charge < -0.3 is 14.6 Å². The molecule has 1 fully saturated rings. The van der Waals surface area contributed by atoms with E-state index in [1.165, 1.54) is 6.42 Å². The second-order valence-electron chi connectivity index (χ2n) is 6.55. The van der Waals surface area contributed by atoms with Crippen LogP contribution in [0.1, 0.15) is 45.6 Å². The Kier molecular flexibility index (Phi) is 4.31. The predicted molar refractivity (Wildman–Crippen MR) is 74.9 cm³/mol. The fraction of sp³-hybridized carbons (Fsp3) is 0.800. The van der Waals surface area contributed by atoms with Crippen LogP contribution in [0, 0.1) is 11.3 Å².